The average Bonchev–Trinajstić information content (AvgIpc) is 2.01. The fourth-order valence-electron chi connectivity index (χ4n) is 1.17. The summed E-state index contributed by atoms with van der Waals surface area (Å²) in [6.45, 7) is 4.42. The van der Waals surface area contributed by atoms with Gasteiger partial charge in [-0.05, 0) is 36.5 Å². The summed E-state index contributed by atoms with van der Waals surface area (Å²) in [7, 11) is 0. The molecule has 0 heterocycles. The van der Waals surface area contributed by atoms with Gasteiger partial charge < -0.3 is 5.11 Å². The lowest BCUT2D eigenvalue weighted by atomic mass is 10.0. The third-order valence-corrected chi connectivity index (χ3v) is 1.92. The Hall–Kier alpha value is -0.980. The molecule has 0 spiro atoms. The van der Waals surface area contributed by atoms with Gasteiger partial charge in [0.15, 0.2) is 0 Å². The molecule has 1 rings (SSSR count). The van der Waals surface area contributed by atoms with Gasteiger partial charge in [0.05, 0.1) is 0 Å². The number of hydrogen-bond acceptors (Lipinski definition) is 1. The maximum atomic E-state index is 9.18. The van der Waals surface area contributed by atoms with E-state index < -0.39 is 0 Å². The van der Waals surface area contributed by atoms with Gasteiger partial charge in [-0.1, -0.05) is 26.0 Å². The van der Waals surface area contributed by atoms with Crippen molar-refractivity contribution in [1.29, 1.82) is 0 Å². The van der Waals surface area contributed by atoms with Crippen molar-refractivity contribution >= 4 is 0 Å². The molecular formula is C11H16O. The lowest BCUT2D eigenvalue weighted by molar-refractivity contribution is 0.474. The van der Waals surface area contributed by atoms with Gasteiger partial charge in [0.2, 0.25) is 0 Å². The Morgan fingerprint density at radius 1 is 1.33 bits per heavy atom. The van der Waals surface area contributed by atoms with Crippen LogP contribution < -0.4 is 0 Å². The second-order valence-electron chi connectivity index (χ2n) is 3.60. The van der Waals surface area contributed by atoms with Gasteiger partial charge in [0, 0.05) is 0 Å². The normalized spacial score (nSPS) is 10.6. The largest absolute Gasteiger partial charge is 0.508 e. The van der Waals surface area contributed by atoms with E-state index in [2.05, 4.69) is 19.9 Å². The van der Waals surface area contributed by atoms with Crippen molar-refractivity contribution in [3.05, 3.63) is 29.8 Å². The SMILES string of the molecule is CC(C)CCc1cccc(O)c1. The van der Waals surface area contributed by atoms with Gasteiger partial charge in [-0.25, -0.2) is 0 Å². The van der Waals surface area contributed by atoms with Crippen LogP contribution in [0.3, 0.4) is 0 Å². The highest BCUT2D eigenvalue weighted by atomic mass is 16.3. The molecule has 0 bridgehead atoms. The molecule has 0 amide bonds. The van der Waals surface area contributed by atoms with Crippen LogP contribution in [0.15, 0.2) is 24.3 Å². The molecule has 0 aromatic heterocycles. The van der Waals surface area contributed by atoms with Crippen molar-refractivity contribution in [2.24, 2.45) is 5.92 Å². The number of rotatable bonds is 3. The van der Waals surface area contributed by atoms with Gasteiger partial charge in [-0.2, -0.15) is 0 Å². The zero-order valence-corrected chi connectivity index (χ0v) is 7.75. The molecule has 0 aliphatic rings. The van der Waals surface area contributed by atoms with Crippen LogP contribution in [-0.4, -0.2) is 5.11 Å². The molecule has 1 aromatic rings. The van der Waals surface area contributed by atoms with E-state index in [-0.39, 0.29) is 0 Å². The van der Waals surface area contributed by atoms with E-state index in [1.807, 2.05) is 12.1 Å². The molecule has 0 fully saturated rings. The van der Waals surface area contributed by atoms with E-state index >= 15 is 0 Å². The molecule has 0 aliphatic heterocycles. The summed E-state index contributed by atoms with van der Waals surface area (Å²) in [6, 6.07) is 7.49. The summed E-state index contributed by atoms with van der Waals surface area (Å²) in [5, 5.41) is 9.18. The van der Waals surface area contributed by atoms with Crippen molar-refractivity contribution in [3.8, 4) is 5.75 Å². The molecule has 0 atom stereocenters. The Morgan fingerprint density at radius 3 is 2.67 bits per heavy atom. The van der Waals surface area contributed by atoms with E-state index in [0.717, 1.165) is 12.3 Å². The van der Waals surface area contributed by atoms with Gasteiger partial charge in [0.1, 0.15) is 5.75 Å². The van der Waals surface area contributed by atoms with Crippen LogP contribution in [-0.2, 0) is 6.42 Å². The third kappa shape index (κ3) is 2.95. The molecule has 66 valence electrons. The predicted octanol–water partition coefficient (Wildman–Crippen LogP) is 2.98. The van der Waals surface area contributed by atoms with Crippen molar-refractivity contribution in [2.45, 2.75) is 26.7 Å². The van der Waals surface area contributed by atoms with Crippen LogP contribution in [0.25, 0.3) is 0 Å². The number of phenolic OH excluding ortho intramolecular Hbond substituents is 1. The van der Waals surface area contributed by atoms with Crippen LogP contribution in [0.2, 0.25) is 0 Å². The van der Waals surface area contributed by atoms with Crippen LogP contribution in [0.1, 0.15) is 25.8 Å². The summed E-state index contributed by atoms with van der Waals surface area (Å²) < 4.78 is 0. The Kier molecular flexibility index (Phi) is 3.15. The molecule has 0 aliphatic carbocycles. The minimum atomic E-state index is 0.372. The molecule has 1 heteroatoms. The fourth-order valence-corrected chi connectivity index (χ4v) is 1.17. The zero-order chi connectivity index (χ0) is 8.97. The zero-order valence-electron chi connectivity index (χ0n) is 7.75. The molecule has 1 nitrogen and oxygen atoms in total. The van der Waals surface area contributed by atoms with Crippen LogP contribution in [0.5, 0.6) is 5.75 Å². The van der Waals surface area contributed by atoms with Crippen LogP contribution >= 0.6 is 0 Å². The van der Waals surface area contributed by atoms with Crippen molar-refractivity contribution in [3.63, 3.8) is 0 Å². The minimum Gasteiger partial charge on any atom is -0.508 e. The summed E-state index contributed by atoms with van der Waals surface area (Å²) in [6.07, 6.45) is 2.25. The minimum absolute atomic E-state index is 0.372. The first kappa shape index (κ1) is 9.11. The predicted molar refractivity (Wildman–Crippen MR) is 51.3 cm³/mol. The smallest absolute Gasteiger partial charge is 0.115 e. The van der Waals surface area contributed by atoms with Crippen molar-refractivity contribution in [1.82, 2.24) is 0 Å². The quantitative estimate of drug-likeness (QED) is 0.728. The average molecular weight is 164 g/mol. The monoisotopic (exact) mass is 164 g/mol. The standard InChI is InChI=1S/C11H16O/c1-9(2)6-7-10-4-3-5-11(12)8-10/h3-5,8-9,12H,6-7H2,1-2H3. The summed E-state index contributed by atoms with van der Waals surface area (Å²) in [4.78, 5) is 0. The van der Waals surface area contributed by atoms with Crippen molar-refractivity contribution in [2.75, 3.05) is 0 Å². The number of phenols is 1. The highest BCUT2D eigenvalue weighted by molar-refractivity contribution is 5.27. The Bertz CT molecular complexity index is 241. The molecular weight excluding hydrogens is 148 g/mol. The first-order valence-corrected chi connectivity index (χ1v) is 4.46. The second kappa shape index (κ2) is 4.15. The maximum absolute atomic E-state index is 9.18. The van der Waals surface area contributed by atoms with Gasteiger partial charge in [0.25, 0.3) is 0 Å². The number of aromatic hydroxyl groups is 1. The lowest BCUT2D eigenvalue weighted by Gasteiger charge is -2.04. The van der Waals surface area contributed by atoms with Gasteiger partial charge in [-0.3, -0.25) is 0 Å². The Balaban J connectivity index is 2.52. The number of benzene rings is 1. The lowest BCUT2D eigenvalue weighted by Crippen LogP contribution is -1.91. The number of hydrogen-bond donors (Lipinski definition) is 1. The highest BCUT2D eigenvalue weighted by Crippen LogP contribution is 2.14. The Morgan fingerprint density at radius 2 is 2.08 bits per heavy atom. The van der Waals surface area contributed by atoms with Crippen LogP contribution in [0.4, 0.5) is 0 Å². The first-order valence-electron chi connectivity index (χ1n) is 4.46. The topological polar surface area (TPSA) is 20.2 Å². The highest BCUT2D eigenvalue weighted by Gasteiger charge is 1.97. The molecule has 1 N–H and O–H groups in total. The van der Waals surface area contributed by atoms with E-state index in [0.29, 0.717) is 5.75 Å². The first-order chi connectivity index (χ1) is 5.68. The summed E-state index contributed by atoms with van der Waals surface area (Å²) >= 11 is 0. The molecule has 0 radical (unpaired) electrons. The van der Waals surface area contributed by atoms with Crippen molar-refractivity contribution < 1.29 is 5.11 Å². The van der Waals surface area contributed by atoms with E-state index in [9.17, 15) is 5.11 Å². The maximum Gasteiger partial charge on any atom is 0.115 e. The molecule has 0 saturated carbocycles. The molecule has 0 saturated heterocycles. The van der Waals surface area contributed by atoms with E-state index in [1.165, 1.54) is 12.0 Å². The second-order valence-corrected chi connectivity index (χ2v) is 3.60. The molecule has 12 heavy (non-hydrogen) atoms. The summed E-state index contributed by atoms with van der Waals surface area (Å²) in [5.41, 5.74) is 1.23. The van der Waals surface area contributed by atoms with Crippen LogP contribution in [0, 0.1) is 5.92 Å². The number of aryl methyl sites for hydroxylation is 1. The van der Waals surface area contributed by atoms with E-state index in [4.69, 9.17) is 0 Å². The molecule has 0 unspecified atom stereocenters. The Labute approximate surface area is 74.1 Å². The van der Waals surface area contributed by atoms with Gasteiger partial charge in [-0.15, -0.1) is 0 Å². The third-order valence-electron chi connectivity index (χ3n) is 1.92. The molecule has 1 aromatic carbocycles. The van der Waals surface area contributed by atoms with E-state index in [1.54, 1.807) is 6.07 Å². The summed E-state index contributed by atoms with van der Waals surface area (Å²) in [5.74, 6) is 1.10. The van der Waals surface area contributed by atoms with Gasteiger partial charge >= 0.3 is 0 Å². The fraction of sp³-hybridized carbons (Fsp3) is 0.455.